The Bertz CT molecular complexity index is 995. The van der Waals surface area contributed by atoms with Crippen molar-refractivity contribution < 1.29 is 29.6 Å². The molecule has 5 aliphatic rings. The minimum atomic E-state index is -0.860. The van der Waals surface area contributed by atoms with Crippen molar-refractivity contribution in [2.45, 2.75) is 69.8 Å². The number of amides is 1. The molecule has 8 nitrogen and oxygen atoms in total. The van der Waals surface area contributed by atoms with E-state index >= 15 is 0 Å². The van der Waals surface area contributed by atoms with E-state index in [4.69, 9.17) is 9.47 Å². The minimum Gasteiger partial charge on any atom is -0.493 e. The van der Waals surface area contributed by atoms with E-state index in [2.05, 4.69) is 33.2 Å². The lowest BCUT2D eigenvalue weighted by Gasteiger charge is -2.57. The van der Waals surface area contributed by atoms with Gasteiger partial charge >= 0.3 is 0 Å². The normalized spacial score (nSPS) is 34.2. The topological polar surface area (TPSA) is 120 Å². The summed E-state index contributed by atoms with van der Waals surface area (Å²) in [6, 6.07) is 3.20. The Morgan fingerprint density at radius 1 is 1.14 bits per heavy atom. The van der Waals surface area contributed by atoms with Crippen LogP contribution in [-0.2, 0) is 11.4 Å². The zero-order valence-corrected chi connectivity index (χ0v) is 23.6. The summed E-state index contributed by atoms with van der Waals surface area (Å²) in [5.74, 6) is 3.21. The van der Waals surface area contributed by atoms with Crippen molar-refractivity contribution in [3.05, 3.63) is 32.9 Å². The Hall–Kier alpha value is -1.40. The summed E-state index contributed by atoms with van der Waals surface area (Å²) >= 11 is 2.13. The zero-order valence-electron chi connectivity index (χ0n) is 21.4. The molecule has 0 heterocycles. The van der Waals surface area contributed by atoms with E-state index < -0.39 is 12.2 Å². The van der Waals surface area contributed by atoms with Crippen LogP contribution in [0.4, 0.5) is 0 Å². The molecule has 0 unspecified atom stereocenters. The van der Waals surface area contributed by atoms with Crippen molar-refractivity contribution in [3.8, 4) is 11.5 Å². The Morgan fingerprint density at radius 3 is 2.41 bits per heavy atom. The number of benzene rings is 1. The minimum absolute atomic E-state index is 0.121. The Labute approximate surface area is 232 Å². The van der Waals surface area contributed by atoms with Crippen LogP contribution in [-0.4, -0.2) is 66.3 Å². The van der Waals surface area contributed by atoms with Gasteiger partial charge in [0.1, 0.15) is 12.2 Å². The molecule has 3 atom stereocenters. The summed E-state index contributed by atoms with van der Waals surface area (Å²) in [4.78, 5) is 12.9. The van der Waals surface area contributed by atoms with E-state index in [1.54, 1.807) is 12.1 Å². The van der Waals surface area contributed by atoms with Gasteiger partial charge in [0.15, 0.2) is 11.5 Å². The molecule has 5 aliphatic carbocycles. The van der Waals surface area contributed by atoms with Gasteiger partial charge in [0, 0.05) is 24.7 Å². The average Bonchev–Trinajstić information content (AvgIpc) is 2.87. The maximum absolute atomic E-state index is 12.9. The molecule has 4 fully saturated rings. The van der Waals surface area contributed by atoms with Gasteiger partial charge in [-0.2, -0.15) is 0 Å². The number of rotatable bonds is 10. The second-order valence-electron chi connectivity index (χ2n) is 11.6. The average molecular weight is 627 g/mol. The van der Waals surface area contributed by atoms with Crippen LogP contribution in [0.5, 0.6) is 11.5 Å². The first-order valence-corrected chi connectivity index (χ1v) is 14.6. The van der Waals surface area contributed by atoms with Crippen LogP contribution in [0.3, 0.4) is 0 Å². The monoisotopic (exact) mass is 626 g/mol. The number of hydrogen-bond donors (Lipinski definition) is 5. The Balaban J connectivity index is 1.36. The second-order valence-corrected chi connectivity index (χ2v) is 12.8. The second kappa shape index (κ2) is 11.4. The predicted molar refractivity (Wildman–Crippen MR) is 147 cm³/mol. The van der Waals surface area contributed by atoms with Gasteiger partial charge in [-0.3, -0.25) is 4.79 Å². The van der Waals surface area contributed by atoms with Crippen molar-refractivity contribution in [1.29, 1.82) is 0 Å². The molecular weight excluding hydrogens is 587 g/mol. The highest BCUT2D eigenvalue weighted by Gasteiger charge is 2.51. The highest BCUT2D eigenvalue weighted by atomic mass is 127. The number of carbonyl (C=O) groups excluding carboxylic acids is 1. The van der Waals surface area contributed by atoms with Crippen LogP contribution in [0.2, 0.25) is 0 Å². The third kappa shape index (κ3) is 5.80. The zero-order chi connectivity index (χ0) is 26.2. The molecule has 0 aromatic heterocycles. The standard InChI is InChI=1S/C28H39IN2O6/c1-36-24-8-19(14-33)7-21(29)26(24)37-23-10-20(27(35)30-2-3-32)9-22(25(23)34)31-15-28-11-16-4-17(12-28)6-18(5-16)13-28/h7-8,10,16-18,22-23,25,31-34H,2-6,9,11-15H2,1H3,(H,30,35)/t16?,17?,18?,22-,23+,25+,28?/m1/s1. The number of carbonyl (C=O) groups is 1. The highest BCUT2D eigenvalue weighted by Crippen LogP contribution is 2.59. The van der Waals surface area contributed by atoms with Crippen molar-refractivity contribution in [2.75, 3.05) is 26.8 Å². The largest absolute Gasteiger partial charge is 0.493 e. The number of aliphatic hydroxyl groups is 3. The lowest BCUT2D eigenvalue weighted by molar-refractivity contribution is -0.118. The highest BCUT2D eigenvalue weighted by molar-refractivity contribution is 14.1. The van der Waals surface area contributed by atoms with Gasteiger partial charge in [-0.25, -0.2) is 0 Å². The van der Waals surface area contributed by atoms with Crippen molar-refractivity contribution >= 4 is 28.5 Å². The van der Waals surface area contributed by atoms with E-state index in [9.17, 15) is 20.1 Å². The van der Waals surface area contributed by atoms with Crippen LogP contribution >= 0.6 is 22.6 Å². The van der Waals surface area contributed by atoms with Crippen LogP contribution in [0.1, 0.15) is 50.5 Å². The molecule has 5 N–H and O–H groups in total. The molecule has 0 saturated heterocycles. The first-order valence-electron chi connectivity index (χ1n) is 13.5. The molecule has 0 aliphatic heterocycles. The van der Waals surface area contributed by atoms with Crippen LogP contribution in [0.25, 0.3) is 0 Å². The first kappa shape index (κ1) is 27.2. The SMILES string of the molecule is COc1cc(CO)cc(I)c1O[C@H]1C=C(C(=O)NCCO)C[C@@H](NCC23CC4CC(CC(C4)C2)C3)[C@@H]1O. The number of hydrogen-bond acceptors (Lipinski definition) is 7. The van der Waals surface area contributed by atoms with Crippen LogP contribution in [0.15, 0.2) is 23.8 Å². The maximum Gasteiger partial charge on any atom is 0.247 e. The lowest BCUT2D eigenvalue weighted by Crippen LogP contribution is -2.56. The smallest absolute Gasteiger partial charge is 0.247 e. The molecule has 6 rings (SSSR count). The predicted octanol–water partition coefficient (Wildman–Crippen LogP) is 2.51. The Kier molecular flexibility index (Phi) is 8.36. The summed E-state index contributed by atoms with van der Waals surface area (Å²) < 4.78 is 12.6. The Morgan fingerprint density at radius 2 is 1.81 bits per heavy atom. The van der Waals surface area contributed by atoms with Crippen molar-refractivity contribution in [2.24, 2.45) is 23.2 Å². The third-order valence-electron chi connectivity index (χ3n) is 8.87. The summed E-state index contributed by atoms with van der Waals surface area (Å²) in [6.07, 6.45) is 8.40. The van der Waals surface area contributed by atoms with Gasteiger partial charge in [-0.1, -0.05) is 0 Å². The van der Waals surface area contributed by atoms with E-state index in [-0.39, 0.29) is 31.7 Å². The van der Waals surface area contributed by atoms with Gasteiger partial charge in [-0.15, -0.1) is 0 Å². The molecule has 204 valence electrons. The molecule has 37 heavy (non-hydrogen) atoms. The fourth-order valence-corrected chi connectivity index (χ4v) is 8.46. The summed E-state index contributed by atoms with van der Waals surface area (Å²) in [7, 11) is 1.54. The molecule has 0 spiro atoms. The third-order valence-corrected chi connectivity index (χ3v) is 9.67. The molecular formula is C28H39IN2O6. The fraction of sp³-hybridized carbons (Fsp3) is 0.679. The van der Waals surface area contributed by atoms with E-state index in [1.165, 1.54) is 45.6 Å². The lowest BCUT2D eigenvalue weighted by atomic mass is 9.49. The molecule has 4 saturated carbocycles. The number of methoxy groups -OCH3 is 1. The van der Waals surface area contributed by atoms with Gasteiger partial charge in [0.05, 0.1) is 23.9 Å². The van der Waals surface area contributed by atoms with E-state index in [1.807, 2.05) is 6.07 Å². The maximum atomic E-state index is 12.9. The van der Waals surface area contributed by atoms with Crippen molar-refractivity contribution in [1.82, 2.24) is 10.6 Å². The molecule has 1 aromatic carbocycles. The quantitative estimate of drug-likeness (QED) is 0.253. The summed E-state index contributed by atoms with van der Waals surface area (Å²) in [5.41, 5.74) is 1.53. The van der Waals surface area contributed by atoms with Gasteiger partial charge < -0.3 is 35.4 Å². The van der Waals surface area contributed by atoms with E-state index in [0.717, 1.165) is 27.9 Å². The van der Waals surface area contributed by atoms with Crippen LogP contribution in [0, 0.1) is 26.7 Å². The first-order chi connectivity index (χ1) is 17.8. The van der Waals surface area contributed by atoms with Gasteiger partial charge in [0.2, 0.25) is 5.91 Å². The molecule has 1 amide bonds. The van der Waals surface area contributed by atoms with Gasteiger partial charge in [-0.05, 0) is 114 Å². The summed E-state index contributed by atoms with van der Waals surface area (Å²) in [5, 5.41) is 36.6. The number of aliphatic hydroxyl groups excluding tert-OH is 3. The fourth-order valence-electron chi connectivity index (χ4n) is 7.67. The van der Waals surface area contributed by atoms with E-state index in [0.29, 0.717) is 34.5 Å². The molecule has 4 bridgehead atoms. The molecule has 0 radical (unpaired) electrons. The molecule has 9 heteroatoms. The molecule has 1 aromatic rings. The number of nitrogens with one attached hydrogen (secondary N) is 2. The van der Waals surface area contributed by atoms with Crippen LogP contribution < -0.4 is 20.1 Å². The number of halogens is 1. The number of ether oxygens (including phenoxy) is 2. The van der Waals surface area contributed by atoms with Crippen molar-refractivity contribution in [3.63, 3.8) is 0 Å². The van der Waals surface area contributed by atoms with Gasteiger partial charge in [0.25, 0.3) is 0 Å². The summed E-state index contributed by atoms with van der Waals surface area (Å²) in [6.45, 7) is 0.762.